The number of fused-ring (bicyclic) bond motifs is 1. The summed E-state index contributed by atoms with van der Waals surface area (Å²) < 4.78 is 5.83. The fourth-order valence-electron chi connectivity index (χ4n) is 3.06. The zero-order chi connectivity index (χ0) is 20.5. The second-order valence-corrected chi connectivity index (χ2v) is 7.42. The molecule has 4 aromatic rings. The van der Waals surface area contributed by atoms with Gasteiger partial charge in [-0.3, -0.25) is 0 Å². The average Bonchev–Trinajstić information content (AvgIpc) is 3.16. The van der Waals surface area contributed by atoms with Crippen LogP contribution < -0.4 is 0 Å². The van der Waals surface area contributed by atoms with Gasteiger partial charge < -0.3 is 9.52 Å². The molecule has 0 atom stereocenters. The Labute approximate surface area is 177 Å². The normalized spacial score (nSPS) is 11.4. The number of carboxylic acid groups (broad SMARTS) is 1. The van der Waals surface area contributed by atoms with Crippen molar-refractivity contribution in [1.29, 1.82) is 0 Å². The highest BCUT2D eigenvalue weighted by atomic mass is 35.5. The quantitative estimate of drug-likeness (QED) is 0.384. The third-order valence-electron chi connectivity index (χ3n) is 4.45. The smallest absolute Gasteiger partial charge is 0.336 e. The van der Waals surface area contributed by atoms with Crippen molar-refractivity contribution in [2.45, 2.75) is 6.92 Å². The molecular weight excluding hydrogens is 409 g/mol. The second-order valence-electron chi connectivity index (χ2n) is 6.58. The van der Waals surface area contributed by atoms with E-state index < -0.39 is 5.97 Å². The summed E-state index contributed by atoms with van der Waals surface area (Å²) in [7, 11) is 0. The third kappa shape index (κ3) is 4.04. The molecule has 0 saturated carbocycles. The largest absolute Gasteiger partial charge is 0.478 e. The molecule has 0 aliphatic heterocycles. The molecule has 0 radical (unpaired) electrons. The van der Waals surface area contributed by atoms with Crippen molar-refractivity contribution >= 4 is 52.2 Å². The third-order valence-corrected chi connectivity index (χ3v) is 5.02. The molecule has 0 aliphatic carbocycles. The molecule has 144 valence electrons. The van der Waals surface area contributed by atoms with Crippen LogP contribution in [0.3, 0.4) is 0 Å². The van der Waals surface area contributed by atoms with Crippen molar-refractivity contribution in [3.05, 3.63) is 87.2 Å². The minimum absolute atomic E-state index is 0.212. The predicted molar refractivity (Wildman–Crippen MR) is 117 cm³/mol. The van der Waals surface area contributed by atoms with Crippen molar-refractivity contribution in [1.82, 2.24) is 4.98 Å². The van der Waals surface area contributed by atoms with Gasteiger partial charge in [0.1, 0.15) is 11.5 Å². The van der Waals surface area contributed by atoms with Crippen molar-refractivity contribution < 1.29 is 14.3 Å². The number of carboxylic acids is 1. The number of rotatable bonds is 4. The minimum atomic E-state index is -0.992. The van der Waals surface area contributed by atoms with E-state index in [1.165, 1.54) is 0 Å². The molecule has 2 aromatic heterocycles. The van der Waals surface area contributed by atoms with E-state index >= 15 is 0 Å². The van der Waals surface area contributed by atoms with Crippen LogP contribution in [-0.4, -0.2) is 16.1 Å². The monoisotopic (exact) mass is 423 g/mol. The fourth-order valence-corrected chi connectivity index (χ4v) is 3.45. The van der Waals surface area contributed by atoms with Crippen LogP contribution in [0, 0.1) is 6.92 Å². The van der Waals surface area contributed by atoms with E-state index in [4.69, 9.17) is 27.6 Å². The lowest BCUT2D eigenvalue weighted by molar-refractivity contribution is 0.0699. The van der Waals surface area contributed by atoms with Gasteiger partial charge in [0, 0.05) is 16.0 Å². The molecule has 0 spiro atoms. The van der Waals surface area contributed by atoms with Crippen LogP contribution in [0.1, 0.15) is 27.4 Å². The zero-order valence-electron chi connectivity index (χ0n) is 15.3. The van der Waals surface area contributed by atoms with Crippen molar-refractivity contribution in [2.75, 3.05) is 0 Å². The van der Waals surface area contributed by atoms with E-state index in [9.17, 15) is 9.90 Å². The van der Waals surface area contributed by atoms with Gasteiger partial charge in [-0.25, -0.2) is 9.78 Å². The van der Waals surface area contributed by atoms with Crippen molar-refractivity contribution in [3.63, 3.8) is 0 Å². The van der Waals surface area contributed by atoms with Crippen LogP contribution in [0.15, 0.2) is 59.0 Å². The maximum atomic E-state index is 11.7. The summed E-state index contributed by atoms with van der Waals surface area (Å²) in [5.74, 6) is 0.178. The Bertz CT molecular complexity index is 1270. The highest BCUT2D eigenvalue weighted by molar-refractivity contribution is 6.35. The number of carbonyl (C=O) groups is 1. The topological polar surface area (TPSA) is 63.3 Å². The van der Waals surface area contributed by atoms with E-state index in [-0.39, 0.29) is 5.56 Å². The number of aryl methyl sites for hydroxylation is 1. The summed E-state index contributed by atoms with van der Waals surface area (Å²) >= 11 is 12.3. The van der Waals surface area contributed by atoms with Gasteiger partial charge in [-0.1, -0.05) is 34.8 Å². The lowest BCUT2D eigenvalue weighted by atomic mass is 10.1. The molecule has 0 saturated heterocycles. The Kier molecular flexibility index (Phi) is 5.14. The van der Waals surface area contributed by atoms with Crippen LogP contribution in [0.2, 0.25) is 10.0 Å². The lowest BCUT2D eigenvalue weighted by Crippen LogP contribution is -2.00. The summed E-state index contributed by atoms with van der Waals surface area (Å²) in [6, 6.07) is 15.9. The fraction of sp³-hybridized carbons (Fsp3) is 0.0435. The number of hydrogen-bond donors (Lipinski definition) is 1. The predicted octanol–water partition coefficient (Wildman–Crippen LogP) is 6.98. The molecule has 0 amide bonds. The Morgan fingerprint density at radius 2 is 1.86 bits per heavy atom. The molecule has 0 unspecified atom stereocenters. The molecule has 0 aliphatic rings. The number of aromatic nitrogens is 1. The first-order chi connectivity index (χ1) is 13.9. The molecule has 6 heteroatoms. The highest BCUT2D eigenvalue weighted by Gasteiger charge is 2.12. The average molecular weight is 424 g/mol. The number of benzene rings is 2. The molecule has 1 N–H and O–H groups in total. The lowest BCUT2D eigenvalue weighted by Gasteiger charge is -2.05. The standard InChI is InChI=1S/C23H15Cl2NO3/c1-13-2-8-21-17(10-13)18(23(27)28)12-15(26-21)4-5-16-6-9-22(29-16)19-11-14(24)3-7-20(19)25/h2-12H,1H3,(H,27,28). The summed E-state index contributed by atoms with van der Waals surface area (Å²) in [4.78, 5) is 16.2. The number of furan rings is 1. The molecule has 0 fully saturated rings. The van der Waals surface area contributed by atoms with Gasteiger partial charge in [-0.2, -0.15) is 0 Å². The SMILES string of the molecule is Cc1ccc2nc(C=Cc3ccc(-c4cc(Cl)ccc4Cl)o3)cc(C(=O)O)c2c1. The van der Waals surface area contributed by atoms with Gasteiger partial charge in [-0.05, 0) is 67.6 Å². The van der Waals surface area contributed by atoms with E-state index in [1.807, 2.05) is 25.1 Å². The maximum Gasteiger partial charge on any atom is 0.336 e. The molecule has 4 rings (SSSR count). The minimum Gasteiger partial charge on any atom is -0.478 e. The van der Waals surface area contributed by atoms with Gasteiger partial charge in [-0.15, -0.1) is 0 Å². The van der Waals surface area contributed by atoms with Crippen LogP contribution in [0.25, 0.3) is 34.4 Å². The summed E-state index contributed by atoms with van der Waals surface area (Å²) in [5, 5.41) is 11.3. The van der Waals surface area contributed by atoms with E-state index in [0.29, 0.717) is 43.7 Å². The first-order valence-corrected chi connectivity index (χ1v) is 9.54. The van der Waals surface area contributed by atoms with Crippen LogP contribution in [-0.2, 0) is 0 Å². The van der Waals surface area contributed by atoms with Crippen LogP contribution >= 0.6 is 23.2 Å². The van der Waals surface area contributed by atoms with Crippen molar-refractivity contribution in [3.8, 4) is 11.3 Å². The Balaban J connectivity index is 1.69. The Morgan fingerprint density at radius 1 is 1.03 bits per heavy atom. The van der Waals surface area contributed by atoms with Gasteiger partial charge in [0.15, 0.2) is 0 Å². The number of hydrogen-bond acceptors (Lipinski definition) is 3. The molecule has 29 heavy (non-hydrogen) atoms. The summed E-state index contributed by atoms with van der Waals surface area (Å²) in [6.07, 6.45) is 3.45. The van der Waals surface area contributed by atoms with Gasteiger partial charge >= 0.3 is 5.97 Å². The highest BCUT2D eigenvalue weighted by Crippen LogP contribution is 2.32. The second kappa shape index (κ2) is 7.74. The molecule has 4 nitrogen and oxygen atoms in total. The molecule has 2 heterocycles. The van der Waals surface area contributed by atoms with E-state index in [2.05, 4.69) is 4.98 Å². The molecule has 0 bridgehead atoms. The van der Waals surface area contributed by atoms with E-state index in [0.717, 1.165) is 5.56 Å². The maximum absolute atomic E-state index is 11.7. The first-order valence-electron chi connectivity index (χ1n) is 8.79. The molecule has 2 aromatic carbocycles. The number of halogens is 2. The summed E-state index contributed by atoms with van der Waals surface area (Å²) in [6.45, 7) is 1.92. The number of nitrogens with zero attached hydrogens (tertiary/aromatic N) is 1. The first kappa shape index (κ1) is 19.2. The number of pyridine rings is 1. The van der Waals surface area contributed by atoms with Crippen LogP contribution in [0.5, 0.6) is 0 Å². The van der Waals surface area contributed by atoms with E-state index in [1.54, 1.807) is 48.6 Å². The Morgan fingerprint density at radius 3 is 2.66 bits per heavy atom. The summed E-state index contributed by atoms with van der Waals surface area (Å²) in [5.41, 5.74) is 3.04. The Hall–Kier alpha value is -3.08. The van der Waals surface area contributed by atoms with Gasteiger partial charge in [0.25, 0.3) is 0 Å². The number of aromatic carboxylic acids is 1. The van der Waals surface area contributed by atoms with Gasteiger partial charge in [0.05, 0.1) is 21.8 Å². The van der Waals surface area contributed by atoms with Crippen molar-refractivity contribution in [2.24, 2.45) is 0 Å². The molecular formula is C23H15Cl2NO3. The van der Waals surface area contributed by atoms with Crippen LogP contribution in [0.4, 0.5) is 0 Å². The van der Waals surface area contributed by atoms with Gasteiger partial charge in [0.2, 0.25) is 0 Å². The zero-order valence-corrected chi connectivity index (χ0v) is 16.8.